The second-order valence-electron chi connectivity index (χ2n) is 13.7. The van der Waals surface area contributed by atoms with Crippen molar-refractivity contribution >= 4 is 61.7 Å². The number of hydrogen-bond donors (Lipinski definition) is 0. The molecule has 4 heterocycles. The summed E-state index contributed by atoms with van der Waals surface area (Å²) >= 11 is 2.08. The quantitative estimate of drug-likeness (QED) is 0.218. The molecule has 4 atom stereocenters. The van der Waals surface area contributed by atoms with Crippen LogP contribution in [-0.2, 0) is 38.0 Å². The Balaban J connectivity index is 1.51. The van der Waals surface area contributed by atoms with Gasteiger partial charge in [-0.25, -0.2) is 19.6 Å². The molecule has 2 saturated heterocycles. The van der Waals surface area contributed by atoms with Gasteiger partial charge in [0.2, 0.25) is 0 Å². The average Bonchev–Trinajstić information content (AvgIpc) is 3.53. The van der Waals surface area contributed by atoms with E-state index >= 15 is 0 Å². The van der Waals surface area contributed by atoms with E-state index in [1.165, 1.54) is 18.5 Å². The smallest absolute Gasteiger partial charge is 0.425 e. The Bertz CT molecular complexity index is 1750. The van der Waals surface area contributed by atoms with E-state index in [2.05, 4.69) is 32.6 Å². The lowest BCUT2D eigenvalue weighted by Crippen LogP contribution is -2.44. The fourth-order valence-corrected chi connectivity index (χ4v) is 6.94. The third kappa shape index (κ3) is 7.72. The van der Waals surface area contributed by atoms with E-state index in [4.69, 9.17) is 27.9 Å². The number of benzene rings is 1. The Labute approximate surface area is 287 Å². The third-order valence-corrected chi connectivity index (χ3v) is 9.13. The van der Waals surface area contributed by atoms with Gasteiger partial charge in [-0.3, -0.25) is 8.75 Å². The molecule has 0 bridgehead atoms. The zero-order valence-electron chi connectivity index (χ0n) is 27.6. The molecule has 0 spiro atoms. The number of nitrogens with zero attached hydrogens (tertiary/aromatic N) is 4. The number of carbonyl (C=O) groups excluding carboxylic acids is 2. The van der Waals surface area contributed by atoms with Gasteiger partial charge < -0.3 is 23.7 Å². The fourth-order valence-electron chi connectivity index (χ4n) is 5.20. The molecule has 2 aliphatic heterocycles. The zero-order valence-corrected chi connectivity index (χ0v) is 30.6. The van der Waals surface area contributed by atoms with Crippen LogP contribution in [0.1, 0.15) is 67.2 Å². The summed E-state index contributed by atoms with van der Waals surface area (Å²) in [5.41, 5.74) is -0.629. The van der Waals surface area contributed by atoms with Crippen molar-refractivity contribution in [2.75, 3.05) is 11.5 Å². The Hall–Kier alpha value is -2.90. The van der Waals surface area contributed by atoms with Gasteiger partial charge in [-0.15, -0.1) is 0 Å². The van der Waals surface area contributed by atoms with Gasteiger partial charge in [-0.05, 0) is 103 Å². The zero-order chi connectivity index (χ0) is 34.7. The van der Waals surface area contributed by atoms with E-state index in [1.54, 1.807) is 78.2 Å². The van der Waals surface area contributed by atoms with Crippen molar-refractivity contribution in [2.45, 2.75) is 109 Å². The highest BCUT2D eigenvalue weighted by Crippen LogP contribution is 2.45. The molecule has 2 amide bonds. The van der Waals surface area contributed by atoms with Crippen LogP contribution in [0.2, 0.25) is 0 Å². The van der Waals surface area contributed by atoms with E-state index in [-0.39, 0.29) is 17.3 Å². The van der Waals surface area contributed by atoms with Gasteiger partial charge in [0, 0.05) is 0 Å². The van der Waals surface area contributed by atoms with Crippen molar-refractivity contribution in [2.24, 2.45) is 0 Å². The van der Waals surface area contributed by atoms with Crippen LogP contribution in [0.15, 0.2) is 41.6 Å². The summed E-state index contributed by atoms with van der Waals surface area (Å²) in [5, 5.41) is 0.327. The molecule has 0 saturated carbocycles. The highest BCUT2D eigenvalue weighted by molar-refractivity contribution is 14.1. The minimum absolute atomic E-state index is 0.0211. The van der Waals surface area contributed by atoms with E-state index in [0.29, 0.717) is 14.7 Å². The first kappa shape index (κ1) is 35.4. The monoisotopic (exact) mass is 786 g/mol. The lowest BCUT2D eigenvalue weighted by Gasteiger charge is -2.28. The molecule has 256 valence electrons. The molecule has 0 N–H and O–H groups in total. The number of fused-ring (bicyclic) bond motifs is 2. The van der Waals surface area contributed by atoms with Crippen LogP contribution in [0.25, 0.3) is 11.0 Å². The summed E-state index contributed by atoms with van der Waals surface area (Å²) in [5.74, 6) is -1.07. The minimum atomic E-state index is -4.09. The number of imide groups is 1. The molecular formula is C31H39IN4O10S. The first-order valence-electron chi connectivity index (χ1n) is 14.9. The third-order valence-electron chi connectivity index (χ3n) is 7.00. The minimum Gasteiger partial charge on any atom is -0.443 e. The lowest BCUT2D eigenvalue weighted by molar-refractivity contribution is -0.199. The summed E-state index contributed by atoms with van der Waals surface area (Å²) in [6, 6.07) is 8.03. The normalized spacial score (nSPS) is 22.7. The highest BCUT2D eigenvalue weighted by atomic mass is 127. The van der Waals surface area contributed by atoms with Crippen molar-refractivity contribution < 1.29 is 45.9 Å². The largest absolute Gasteiger partial charge is 0.443 e. The Morgan fingerprint density at radius 3 is 2.13 bits per heavy atom. The van der Waals surface area contributed by atoms with E-state index < -0.39 is 63.8 Å². The van der Waals surface area contributed by atoms with Gasteiger partial charge in [0.15, 0.2) is 17.8 Å². The van der Waals surface area contributed by atoms with Gasteiger partial charge >= 0.3 is 12.2 Å². The Morgan fingerprint density at radius 1 is 0.979 bits per heavy atom. The molecule has 3 aromatic rings. The first-order valence-corrected chi connectivity index (χ1v) is 17.4. The number of aromatic nitrogens is 3. The summed E-state index contributed by atoms with van der Waals surface area (Å²) in [6.45, 7) is 15.1. The predicted octanol–water partition coefficient (Wildman–Crippen LogP) is 5.84. The molecule has 5 rings (SSSR count). The van der Waals surface area contributed by atoms with E-state index in [9.17, 15) is 18.0 Å². The standard InChI is InChI=1S/C31H39IN4O10S/c1-17-10-12-18(13-11-17)47(39,40)41-15-20-22-23(44-31(8,9)43-22)26(42-20)35-21(32)14-19-24(35)33-16-34-25(19)36(27(37)45-29(2,3)4)28(38)46-30(5,6)7/h10-14,16,20,22-23,26H,15H2,1-9H3/t20-,22-,23-,26-/m1/s1. The molecule has 2 fully saturated rings. The van der Waals surface area contributed by atoms with Crippen LogP contribution in [0.3, 0.4) is 0 Å². The van der Waals surface area contributed by atoms with E-state index in [1.807, 2.05) is 6.92 Å². The molecular weight excluding hydrogens is 747 g/mol. The van der Waals surface area contributed by atoms with Crippen LogP contribution in [-0.4, -0.2) is 77.0 Å². The highest BCUT2D eigenvalue weighted by Gasteiger charge is 2.57. The maximum atomic E-state index is 13.4. The fraction of sp³-hybridized carbons (Fsp3) is 0.548. The lowest BCUT2D eigenvalue weighted by atomic mass is 10.1. The number of carbonyl (C=O) groups is 2. The number of ether oxygens (including phenoxy) is 5. The summed E-state index contributed by atoms with van der Waals surface area (Å²) in [7, 11) is -4.09. The SMILES string of the molecule is Cc1ccc(S(=O)(=O)OC[C@H]2O[C@@H](n3c(I)cc4c(N(C(=O)OC(C)(C)C)C(=O)OC(C)(C)C)ncnc43)[C@@H]3OC(C)(C)O[C@@H]32)cc1. The predicted molar refractivity (Wildman–Crippen MR) is 177 cm³/mol. The van der Waals surface area contributed by atoms with Gasteiger partial charge in [0.05, 0.1) is 20.6 Å². The van der Waals surface area contributed by atoms with E-state index in [0.717, 1.165) is 10.5 Å². The maximum Gasteiger partial charge on any atom is 0.425 e. The van der Waals surface area contributed by atoms with Crippen LogP contribution in [0, 0.1) is 10.6 Å². The Morgan fingerprint density at radius 2 is 1.55 bits per heavy atom. The summed E-state index contributed by atoms with van der Waals surface area (Å²) in [6.07, 6.45) is -3.85. The molecule has 2 aliphatic rings. The first-order chi connectivity index (χ1) is 21.7. The molecule has 0 unspecified atom stereocenters. The van der Waals surface area contributed by atoms with Gasteiger partial charge in [-0.1, -0.05) is 17.7 Å². The average molecular weight is 787 g/mol. The van der Waals surface area contributed by atoms with Gasteiger partial charge in [0.25, 0.3) is 10.1 Å². The molecule has 0 radical (unpaired) electrons. The number of aryl methyl sites for hydroxylation is 1. The topological polar surface area (TPSA) is 158 Å². The van der Waals surface area contributed by atoms with Crippen molar-refractivity contribution in [3.05, 3.63) is 45.9 Å². The number of amides is 2. The van der Waals surface area contributed by atoms with Crippen molar-refractivity contribution in [3.8, 4) is 0 Å². The molecule has 2 aromatic heterocycles. The summed E-state index contributed by atoms with van der Waals surface area (Å²) < 4.78 is 63.7. The van der Waals surface area contributed by atoms with Crippen LogP contribution in [0.4, 0.5) is 15.4 Å². The van der Waals surface area contributed by atoms with Crippen LogP contribution >= 0.6 is 22.6 Å². The van der Waals surface area contributed by atoms with Gasteiger partial charge in [0.1, 0.15) is 41.5 Å². The molecule has 0 aliphatic carbocycles. The van der Waals surface area contributed by atoms with Gasteiger partial charge in [-0.2, -0.15) is 13.3 Å². The Kier molecular flexibility index (Phi) is 9.44. The molecule has 47 heavy (non-hydrogen) atoms. The van der Waals surface area contributed by atoms with Crippen LogP contribution < -0.4 is 4.90 Å². The molecule has 14 nitrogen and oxygen atoms in total. The number of rotatable bonds is 6. The van der Waals surface area contributed by atoms with Crippen molar-refractivity contribution in [1.82, 2.24) is 14.5 Å². The van der Waals surface area contributed by atoms with Crippen LogP contribution in [0.5, 0.6) is 0 Å². The number of anilines is 1. The number of halogens is 1. The second-order valence-corrected chi connectivity index (χ2v) is 16.5. The maximum absolute atomic E-state index is 13.4. The summed E-state index contributed by atoms with van der Waals surface area (Å²) in [4.78, 5) is 36.4. The molecule has 1 aromatic carbocycles. The van der Waals surface area contributed by atoms with Crippen molar-refractivity contribution in [1.29, 1.82) is 0 Å². The van der Waals surface area contributed by atoms with Crippen molar-refractivity contribution in [3.63, 3.8) is 0 Å². The second kappa shape index (κ2) is 12.5. The number of hydrogen-bond acceptors (Lipinski definition) is 12. The molecule has 16 heteroatoms.